The molecule has 1 unspecified atom stereocenters. The van der Waals surface area contributed by atoms with E-state index >= 15 is 0 Å². The van der Waals surface area contributed by atoms with Crippen LogP contribution in [0.1, 0.15) is 27.2 Å². The molecule has 70 valence electrons. The highest BCUT2D eigenvalue weighted by Crippen LogP contribution is 2.02. The molecule has 1 nitrogen and oxygen atoms in total. The lowest BCUT2D eigenvalue weighted by Gasteiger charge is -2.12. The Bertz CT molecular complexity index is 76.5. The summed E-state index contributed by atoms with van der Waals surface area (Å²) in [6.45, 7) is 7.78. The molecule has 3 heteroatoms. The van der Waals surface area contributed by atoms with Gasteiger partial charge in [0.05, 0.1) is 0 Å². The van der Waals surface area contributed by atoms with Gasteiger partial charge >= 0.3 is 0 Å². The standard InChI is InChI=1S/C8H18BrN.BrH/c1-7(2)10-6-8(3)4-5-9;/h7-8,10H,4-6H2,1-3H3;1H. The Morgan fingerprint density at radius 3 is 2.18 bits per heavy atom. The first-order chi connectivity index (χ1) is 4.66. The van der Waals surface area contributed by atoms with E-state index in [1.54, 1.807) is 0 Å². The van der Waals surface area contributed by atoms with Crippen LogP contribution in [0, 0.1) is 5.92 Å². The summed E-state index contributed by atoms with van der Waals surface area (Å²) in [4.78, 5) is 0. The fraction of sp³-hybridized carbons (Fsp3) is 1.00. The van der Waals surface area contributed by atoms with Crippen molar-refractivity contribution >= 4 is 32.9 Å². The molecule has 0 rings (SSSR count). The predicted molar refractivity (Wildman–Crippen MR) is 61.0 cm³/mol. The number of hydrogen-bond acceptors (Lipinski definition) is 1. The third-order valence-electron chi connectivity index (χ3n) is 1.48. The third kappa shape index (κ3) is 10.9. The number of alkyl halides is 1. The van der Waals surface area contributed by atoms with Crippen LogP contribution in [-0.4, -0.2) is 17.9 Å². The predicted octanol–water partition coefficient (Wildman–Crippen LogP) is 2.98. The zero-order chi connectivity index (χ0) is 7.98. The Hall–Kier alpha value is 0.920. The Balaban J connectivity index is 0. The minimum absolute atomic E-state index is 0. The number of hydrogen-bond donors (Lipinski definition) is 1. The first-order valence-electron chi connectivity index (χ1n) is 3.96. The summed E-state index contributed by atoms with van der Waals surface area (Å²) in [7, 11) is 0. The quantitative estimate of drug-likeness (QED) is 0.767. The number of rotatable bonds is 5. The second-order valence-corrected chi connectivity index (χ2v) is 3.94. The zero-order valence-electron chi connectivity index (χ0n) is 7.56. The average molecular weight is 289 g/mol. The molecule has 0 radical (unpaired) electrons. The van der Waals surface area contributed by atoms with E-state index in [0.29, 0.717) is 6.04 Å². The van der Waals surface area contributed by atoms with Crippen molar-refractivity contribution in [2.24, 2.45) is 5.92 Å². The maximum Gasteiger partial charge on any atom is 0.00343 e. The van der Waals surface area contributed by atoms with E-state index in [0.717, 1.165) is 17.8 Å². The lowest BCUT2D eigenvalue weighted by molar-refractivity contribution is 0.471. The molecule has 0 heterocycles. The van der Waals surface area contributed by atoms with E-state index in [1.807, 2.05) is 0 Å². The van der Waals surface area contributed by atoms with Crippen LogP contribution in [0.25, 0.3) is 0 Å². The van der Waals surface area contributed by atoms with E-state index in [2.05, 4.69) is 42.0 Å². The molecule has 1 atom stereocenters. The van der Waals surface area contributed by atoms with Crippen molar-refractivity contribution in [1.82, 2.24) is 5.32 Å². The maximum absolute atomic E-state index is 3.43. The monoisotopic (exact) mass is 287 g/mol. The minimum Gasteiger partial charge on any atom is -0.314 e. The second kappa shape index (κ2) is 9.01. The molecule has 0 fully saturated rings. The lowest BCUT2D eigenvalue weighted by atomic mass is 10.1. The van der Waals surface area contributed by atoms with Gasteiger partial charge in [-0.05, 0) is 18.9 Å². The maximum atomic E-state index is 3.43. The summed E-state index contributed by atoms with van der Waals surface area (Å²) in [5.41, 5.74) is 0. The van der Waals surface area contributed by atoms with Gasteiger partial charge in [-0.1, -0.05) is 36.7 Å². The molecule has 0 amide bonds. The molecule has 0 aromatic rings. The van der Waals surface area contributed by atoms with Gasteiger partial charge in [-0.2, -0.15) is 0 Å². The SMILES string of the molecule is Br.CC(CCBr)CNC(C)C. The van der Waals surface area contributed by atoms with Crippen LogP contribution in [0.3, 0.4) is 0 Å². The number of nitrogens with one attached hydrogen (secondary N) is 1. The van der Waals surface area contributed by atoms with E-state index in [-0.39, 0.29) is 17.0 Å². The summed E-state index contributed by atoms with van der Waals surface area (Å²) in [6.07, 6.45) is 1.26. The molecule has 1 N–H and O–H groups in total. The van der Waals surface area contributed by atoms with Gasteiger partial charge in [-0.3, -0.25) is 0 Å². The van der Waals surface area contributed by atoms with Gasteiger partial charge in [0.2, 0.25) is 0 Å². The van der Waals surface area contributed by atoms with E-state index in [9.17, 15) is 0 Å². The van der Waals surface area contributed by atoms with E-state index in [4.69, 9.17) is 0 Å². The van der Waals surface area contributed by atoms with E-state index < -0.39 is 0 Å². The second-order valence-electron chi connectivity index (χ2n) is 3.15. The van der Waals surface area contributed by atoms with Crippen LogP contribution in [0.4, 0.5) is 0 Å². The van der Waals surface area contributed by atoms with Crippen molar-refractivity contribution in [3.8, 4) is 0 Å². The van der Waals surface area contributed by atoms with Crippen LogP contribution in [0.15, 0.2) is 0 Å². The van der Waals surface area contributed by atoms with Gasteiger partial charge in [0.25, 0.3) is 0 Å². The Morgan fingerprint density at radius 2 is 1.82 bits per heavy atom. The molecule has 0 saturated heterocycles. The van der Waals surface area contributed by atoms with Gasteiger partial charge in [-0.25, -0.2) is 0 Å². The van der Waals surface area contributed by atoms with Gasteiger partial charge < -0.3 is 5.32 Å². The smallest absolute Gasteiger partial charge is 0.00343 e. The molecule has 0 aromatic heterocycles. The van der Waals surface area contributed by atoms with Crippen molar-refractivity contribution < 1.29 is 0 Å². The molecule has 0 bridgehead atoms. The van der Waals surface area contributed by atoms with Crippen LogP contribution in [0.2, 0.25) is 0 Å². The molecular formula is C8H19Br2N. The zero-order valence-corrected chi connectivity index (χ0v) is 10.9. The molecular weight excluding hydrogens is 270 g/mol. The highest BCUT2D eigenvalue weighted by molar-refractivity contribution is 9.09. The van der Waals surface area contributed by atoms with Crippen molar-refractivity contribution in [3.05, 3.63) is 0 Å². The van der Waals surface area contributed by atoms with Crippen molar-refractivity contribution in [3.63, 3.8) is 0 Å². The molecule has 11 heavy (non-hydrogen) atoms. The van der Waals surface area contributed by atoms with Crippen LogP contribution in [0.5, 0.6) is 0 Å². The first-order valence-corrected chi connectivity index (χ1v) is 5.08. The molecule has 0 spiro atoms. The first kappa shape index (κ1) is 14.4. The summed E-state index contributed by atoms with van der Waals surface area (Å²) in [6, 6.07) is 0.623. The van der Waals surface area contributed by atoms with Gasteiger partial charge in [0.15, 0.2) is 0 Å². The van der Waals surface area contributed by atoms with Gasteiger partial charge in [0.1, 0.15) is 0 Å². The lowest BCUT2D eigenvalue weighted by Crippen LogP contribution is -2.27. The van der Waals surface area contributed by atoms with Crippen LogP contribution in [-0.2, 0) is 0 Å². The summed E-state index contributed by atoms with van der Waals surface area (Å²) < 4.78 is 0. The largest absolute Gasteiger partial charge is 0.314 e. The third-order valence-corrected chi connectivity index (χ3v) is 1.93. The highest BCUT2D eigenvalue weighted by Gasteiger charge is 2.00. The topological polar surface area (TPSA) is 12.0 Å². The molecule has 0 aliphatic rings. The summed E-state index contributed by atoms with van der Waals surface area (Å²) in [5, 5.41) is 4.53. The van der Waals surface area contributed by atoms with Crippen molar-refractivity contribution in [2.75, 3.05) is 11.9 Å². The van der Waals surface area contributed by atoms with Crippen LogP contribution < -0.4 is 5.32 Å². The molecule has 0 aromatic carbocycles. The average Bonchev–Trinajstić information content (AvgIpc) is 1.85. The fourth-order valence-corrected chi connectivity index (χ4v) is 1.51. The van der Waals surface area contributed by atoms with Crippen molar-refractivity contribution in [1.29, 1.82) is 0 Å². The Labute approximate surface area is 89.2 Å². The minimum atomic E-state index is 0. The summed E-state index contributed by atoms with van der Waals surface area (Å²) in [5.74, 6) is 0.793. The Morgan fingerprint density at radius 1 is 1.27 bits per heavy atom. The molecule has 0 saturated carbocycles. The van der Waals surface area contributed by atoms with E-state index in [1.165, 1.54) is 6.42 Å². The normalized spacial score (nSPS) is 12.8. The van der Waals surface area contributed by atoms with Crippen LogP contribution >= 0.6 is 32.9 Å². The van der Waals surface area contributed by atoms with Gasteiger partial charge in [-0.15, -0.1) is 17.0 Å². The van der Waals surface area contributed by atoms with Crippen molar-refractivity contribution in [2.45, 2.75) is 33.2 Å². The molecule has 0 aliphatic heterocycles. The number of halogens is 2. The molecule has 0 aliphatic carbocycles. The van der Waals surface area contributed by atoms with Gasteiger partial charge in [0, 0.05) is 11.4 Å². The summed E-state index contributed by atoms with van der Waals surface area (Å²) >= 11 is 3.43. The Kier molecular flexibility index (Phi) is 11.8. The fourth-order valence-electron chi connectivity index (χ4n) is 0.725. The highest BCUT2D eigenvalue weighted by atomic mass is 79.9.